The van der Waals surface area contributed by atoms with Crippen LogP contribution in [-0.4, -0.2) is 53.0 Å². The van der Waals surface area contributed by atoms with Crippen LogP contribution >= 0.6 is 12.8 Å². The lowest BCUT2D eigenvalue weighted by atomic mass is 9.69. The number of ketones is 1. The Hall–Kier alpha value is -0.700. The van der Waals surface area contributed by atoms with Crippen LogP contribution in [0, 0.1) is 4.91 Å². The third kappa shape index (κ3) is 3.45. The molecule has 1 unspecified atom stereocenters. The number of carbonyl (C=O) groups is 2. The molecule has 1 atom stereocenters. The van der Waals surface area contributed by atoms with Crippen molar-refractivity contribution in [3.05, 3.63) is 4.91 Å². The van der Waals surface area contributed by atoms with Gasteiger partial charge in [0.15, 0.2) is 5.78 Å². The van der Waals surface area contributed by atoms with Crippen molar-refractivity contribution in [2.24, 2.45) is 10.9 Å². The molecule has 0 radical (unpaired) electrons. The van der Waals surface area contributed by atoms with Gasteiger partial charge < -0.3 is 22.9 Å². The number of carbonyl (C=O) groups excluding carboxylic acids is 2. The first-order chi connectivity index (χ1) is 9.71. The second-order valence-electron chi connectivity index (χ2n) is 5.57. The van der Waals surface area contributed by atoms with Gasteiger partial charge in [-0.3, -0.25) is 8.68 Å². The van der Waals surface area contributed by atoms with Crippen LogP contribution in [0.2, 0.25) is 0 Å². The summed E-state index contributed by atoms with van der Waals surface area (Å²) in [5.74, 6) is -1.48. The molecule has 0 aromatic heterocycles. The SMILES string of the molecule is CCOC(=O)C(N)(C(C)=O)C1(N=O)CC[N+](S)(CC)CC1.[Cl-]. The molecule has 1 rings (SSSR count). The summed E-state index contributed by atoms with van der Waals surface area (Å²) in [6.07, 6.45) is 0.450. The molecular weight excluding hydrogens is 330 g/mol. The van der Waals surface area contributed by atoms with Crippen LogP contribution in [0.5, 0.6) is 0 Å². The van der Waals surface area contributed by atoms with Crippen LogP contribution in [-0.2, 0) is 14.3 Å². The van der Waals surface area contributed by atoms with E-state index in [4.69, 9.17) is 10.5 Å². The van der Waals surface area contributed by atoms with Crippen molar-refractivity contribution >= 4 is 24.6 Å². The van der Waals surface area contributed by atoms with Crippen molar-refractivity contribution in [1.82, 2.24) is 0 Å². The molecule has 0 aromatic carbocycles. The van der Waals surface area contributed by atoms with E-state index >= 15 is 0 Å². The smallest absolute Gasteiger partial charge is 0.336 e. The van der Waals surface area contributed by atoms with Crippen LogP contribution in [0.15, 0.2) is 5.18 Å². The number of thiol groups is 1. The zero-order valence-corrected chi connectivity index (χ0v) is 14.8. The van der Waals surface area contributed by atoms with Crippen molar-refractivity contribution in [2.75, 3.05) is 26.2 Å². The Kier molecular flexibility index (Phi) is 7.47. The van der Waals surface area contributed by atoms with Gasteiger partial charge in [0.1, 0.15) is 5.54 Å². The van der Waals surface area contributed by atoms with E-state index in [1.165, 1.54) is 6.92 Å². The minimum absolute atomic E-state index is 0. The molecule has 0 aromatic rings. The zero-order valence-electron chi connectivity index (χ0n) is 13.2. The first-order valence-electron chi connectivity index (χ1n) is 7.12. The minimum Gasteiger partial charge on any atom is -1.00 e. The zero-order chi connectivity index (χ0) is 16.3. The predicted octanol–water partition coefficient (Wildman–Crippen LogP) is -2.18. The van der Waals surface area contributed by atoms with Crippen molar-refractivity contribution < 1.29 is 30.6 Å². The Morgan fingerprint density at radius 2 is 1.86 bits per heavy atom. The van der Waals surface area contributed by atoms with Gasteiger partial charge in [0, 0.05) is 12.8 Å². The molecular formula is C13H24ClN3O4S. The molecule has 0 saturated carbocycles. The molecule has 0 aliphatic carbocycles. The first kappa shape index (κ1) is 21.3. The fraction of sp³-hybridized carbons (Fsp3) is 0.846. The fourth-order valence-corrected chi connectivity index (χ4v) is 3.00. The molecule has 0 spiro atoms. The van der Waals surface area contributed by atoms with E-state index < -0.39 is 22.8 Å². The average molecular weight is 354 g/mol. The number of ether oxygens (including phenoxy) is 1. The molecule has 22 heavy (non-hydrogen) atoms. The van der Waals surface area contributed by atoms with Crippen LogP contribution < -0.4 is 18.1 Å². The number of rotatable bonds is 6. The topological polar surface area (TPSA) is 98.8 Å². The Morgan fingerprint density at radius 3 is 2.18 bits per heavy atom. The summed E-state index contributed by atoms with van der Waals surface area (Å²) in [6, 6.07) is 0. The number of nitroso groups, excluding NO2 is 1. The van der Waals surface area contributed by atoms with Gasteiger partial charge in [-0.1, -0.05) is 5.18 Å². The molecule has 128 valence electrons. The van der Waals surface area contributed by atoms with Crippen LogP contribution in [0.1, 0.15) is 33.6 Å². The third-order valence-corrected chi connectivity index (χ3v) is 5.22. The second-order valence-corrected chi connectivity index (χ2v) is 6.41. The minimum atomic E-state index is -2.03. The summed E-state index contributed by atoms with van der Waals surface area (Å²) in [6.45, 7) is 6.68. The monoisotopic (exact) mass is 353 g/mol. The maximum absolute atomic E-state index is 12.2. The van der Waals surface area contributed by atoms with Crippen molar-refractivity contribution in [2.45, 2.75) is 44.7 Å². The summed E-state index contributed by atoms with van der Waals surface area (Å²) in [7, 11) is 0. The van der Waals surface area contributed by atoms with Gasteiger partial charge in [-0.25, -0.2) is 4.79 Å². The van der Waals surface area contributed by atoms with Gasteiger partial charge in [0.05, 0.1) is 39.1 Å². The van der Waals surface area contributed by atoms with Crippen LogP contribution in [0.3, 0.4) is 0 Å². The number of piperidine rings is 1. The van der Waals surface area contributed by atoms with Crippen LogP contribution in [0.4, 0.5) is 0 Å². The van der Waals surface area contributed by atoms with Crippen molar-refractivity contribution in [3.8, 4) is 0 Å². The second kappa shape index (κ2) is 7.72. The summed E-state index contributed by atoms with van der Waals surface area (Å²) < 4.78 is 5.39. The first-order valence-corrected chi connectivity index (χ1v) is 7.52. The lowest BCUT2D eigenvalue weighted by Gasteiger charge is -2.46. The number of nitrogens with two attached hydrogens (primary N) is 1. The van der Waals surface area contributed by atoms with Gasteiger partial charge >= 0.3 is 5.97 Å². The van der Waals surface area contributed by atoms with E-state index in [-0.39, 0.29) is 31.9 Å². The Morgan fingerprint density at radius 1 is 1.36 bits per heavy atom. The molecule has 1 aliphatic rings. The van der Waals surface area contributed by atoms with E-state index in [1.807, 2.05) is 6.92 Å². The number of nitrogens with zero attached hydrogens (tertiary/aromatic N) is 2. The third-order valence-electron chi connectivity index (χ3n) is 4.53. The number of likely N-dealkylation sites (tertiary alicyclic amines) is 1. The van der Waals surface area contributed by atoms with E-state index in [2.05, 4.69) is 18.0 Å². The number of halogens is 1. The van der Waals surface area contributed by atoms with Gasteiger partial charge in [-0.05, 0) is 20.8 Å². The fourth-order valence-electron chi connectivity index (χ4n) is 2.80. The van der Waals surface area contributed by atoms with E-state index in [0.717, 1.165) is 6.54 Å². The summed E-state index contributed by atoms with van der Waals surface area (Å²) >= 11 is 4.56. The van der Waals surface area contributed by atoms with Crippen molar-refractivity contribution in [1.29, 1.82) is 0 Å². The van der Waals surface area contributed by atoms with E-state index in [0.29, 0.717) is 17.0 Å². The quantitative estimate of drug-likeness (QED) is 0.186. The molecule has 0 bridgehead atoms. The maximum atomic E-state index is 12.2. The lowest BCUT2D eigenvalue weighted by molar-refractivity contribution is -0.797. The maximum Gasteiger partial charge on any atom is 0.336 e. The highest BCUT2D eigenvalue weighted by atomic mass is 35.5. The highest BCUT2D eigenvalue weighted by Crippen LogP contribution is 2.40. The van der Waals surface area contributed by atoms with Gasteiger partial charge in [-0.15, -0.1) is 0 Å². The highest BCUT2D eigenvalue weighted by Gasteiger charge is 2.63. The van der Waals surface area contributed by atoms with E-state index in [1.54, 1.807) is 6.92 Å². The lowest BCUT2D eigenvalue weighted by Crippen LogP contribution is -3.00. The highest BCUT2D eigenvalue weighted by molar-refractivity contribution is 7.74. The largest absolute Gasteiger partial charge is 1.00 e. The number of esters is 1. The molecule has 1 fully saturated rings. The van der Waals surface area contributed by atoms with Gasteiger partial charge in [-0.2, -0.15) is 4.91 Å². The van der Waals surface area contributed by atoms with Gasteiger partial charge in [0.2, 0.25) is 5.54 Å². The van der Waals surface area contributed by atoms with E-state index in [9.17, 15) is 14.5 Å². The Balaban J connectivity index is 0.00000441. The standard InChI is InChI=1S/C13H24N3O4S.ClH/c1-4-16(21)8-6-12(15-19,7-9-16)13(14,10(3)17)11(18)20-5-2;/h21H,4-9,14H2,1-3H3;1H/q+1;/p-1. The molecule has 9 heteroatoms. The normalized spacial score (nSPS) is 30.6. The molecule has 1 saturated heterocycles. The molecule has 2 N–H and O–H groups in total. The predicted molar refractivity (Wildman–Crippen MR) is 81.5 cm³/mol. The Labute approximate surface area is 142 Å². The number of hydrogen-bond donors (Lipinski definition) is 2. The van der Waals surface area contributed by atoms with Crippen molar-refractivity contribution in [3.63, 3.8) is 0 Å². The summed E-state index contributed by atoms with van der Waals surface area (Å²) in [5.41, 5.74) is 2.57. The summed E-state index contributed by atoms with van der Waals surface area (Å²) in [4.78, 5) is 35.8. The number of hydrogen-bond acceptors (Lipinski definition) is 7. The molecule has 7 nitrogen and oxygen atoms in total. The molecule has 1 aliphatic heterocycles. The van der Waals surface area contributed by atoms with Gasteiger partial charge in [0.25, 0.3) is 0 Å². The summed E-state index contributed by atoms with van der Waals surface area (Å²) in [5, 5.41) is 3.13. The Bertz CT molecular complexity index is 441. The molecule has 0 amide bonds. The average Bonchev–Trinajstić information content (AvgIpc) is 2.47. The number of Topliss-reactive ketones (excluding diaryl/α,β-unsaturated/α-hetero) is 1. The molecule has 1 heterocycles. The van der Waals surface area contributed by atoms with Crippen LogP contribution in [0.25, 0.3) is 0 Å². The number of quaternary nitrogens is 1.